The highest BCUT2D eigenvalue weighted by atomic mass is 16.5. The Hall–Kier alpha value is -2.14. The highest BCUT2D eigenvalue weighted by Gasteiger charge is 2.22. The Kier molecular flexibility index (Phi) is 7.32. The summed E-state index contributed by atoms with van der Waals surface area (Å²) in [5, 5.41) is 8.85. The second-order valence-electron chi connectivity index (χ2n) is 4.99. The maximum absolute atomic E-state index is 12.5. The minimum Gasteiger partial charge on any atom is -0.478 e. The van der Waals surface area contributed by atoms with E-state index in [0.717, 1.165) is 5.56 Å². The van der Waals surface area contributed by atoms with Crippen LogP contribution in [0.3, 0.4) is 0 Å². The number of amides is 1. The van der Waals surface area contributed by atoms with E-state index in [-0.39, 0.29) is 17.9 Å². The first-order chi connectivity index (χ1) is 10.5. The SMILES string of the molecule is CCN(Cc1ccccc1)C(=O)C(C/C=C(\C)C(=O)O)OC. The summed E-state index contributed by atoms with van der Waals surface area (Å²) in [5.74, 6) is -1.12. The van der Waals surface area contributed by atoms with Crippen LogP contribution in [-0.2, 0) is 20.9 Å². The molecule has 0 saturated heterocycles. The standard InChI is InChI=1S/C17H23NO4/c1-4-18(12-14-8-6-5-7-9-14)16(19)15(22-3)11-10-13(2)17(20)21/h5-10,15H,4,11-12H2,1-3H3,(H,20,21)/b13-10+. The van der Waals surface area contributed by atoms with Crippen LogP contribution in [-0.4, -0.2) is 41.6 Å². The molecule has 0 aliphatic rings. The third-order valence-corrected chi connectivity index (χ3v) is 3.45. The summed E-state index contributed by atoms with van der Waals surface area (Å²) in [7, 11) is 1.46. The van der Waals surface area contributed by atoms with Crippen molar-refractivity contribution in [3.63, 3.8) is 0 Å². The molecule has 1 aromatic carbocycles. The molecule has 1 unspecified atom stereocenters. The van der Waals surface area contributed by atoms with Gasteiger partial charge in [-0.2, -0.15) is 0 Å². The van der Waals surface area contributed by atoms with Gasteiger partial charge in [-0.05, 0) is 19.4 Å². The number of benzene rings is 1. The topological polar surface area (TPSA) is 66.8 Å². The summed E-state index contributed by atoms with van der Waals surface area (Å²) in [6.07, 6.45) is 1.10. The summed E-state index contributed by atoms with van der Waals surface area (Å²) in [6.45, 7) is 4.49. The van der Waals surface area contributed by atoms with Gasteiger partial charge >= 0.3 is 5.97 Å². The van der Waals surface area contributed by atoms with E-state index in [4.69, 9.17) is 9.84 Å². The lowest BCUT2D eigenvalue weighted by atomic mass is 10.1. The van der Waals surface area contributed by atoms with E-state index in [9.17, 15) is 9.59 Å². The second kappa shape index (κ2) is 9.00. The molecular weight excluding hydrogens is 282 g/mol. The maximum Gasteiger partial charge on any atom is 0.330 e. The molecule has 0 heterocycles. The molecule has 0 spiro atoms. The van der Waals surface area contributed by atoms with Gasteiger partial charge in [0, 0.05) is 32.2 Å². The van der Waals surface area contributed by atoms with Gasteiger partial charge in [0.1, 0.15) is 6.10 Å². The van der Waals surface area contributed by atoms with Crippen molar-refractivity contribution >= 4 is 11.9 Å². The maximum atomic E-state index is 12.5. The van der Waals surface area contributed by atoms with Crippen molar-refractivity contribution in [2.24, 2.45) is 0 Å². The van der Waals surface area contributed by atoms with Gasteiger partial charge in [-0.15, -0.1) is 0 Å². The first-order valence-corrected chi connectivity index (χ1v) is 7.25. The molecule has 0 radical (unpaired) electrons. The molecule has 0 aliphatic heterocycles. The quantitative estimate of drug-likeness (QED) is 0.749. The van der Waals surface area contributed by atoms with Gasteiger partial charge in [0.05, 0.1) is 0 Å². The summed E-state index contributed by atoms with van der Waals surface area (Å²) in [6, 6.07) is 9.72. The van der Waals surface area contributed by atoms with Crippen LogP contribution >= 0.6 is 0 Å². The van der Waals surface area contributed by atoms with Crippen LogP contribution in [0.5, 0.6) is 0 Å². The van der Waals surface area contributed by atoms with Gasteiger partial charge in [-0.3, -0.25) is 4.79 Å². The molecule has 0 aliphatic carbocycles. The molecule has 1 aromatic rings. The van der Waals surface area contributed by atoms with Crippen LogP contribution in [0.1, 0.15) is 25.8 Å². The molecule has 0 saturated carbocycles. The number of hydrogen-bond acceptors (Lipinski definition) is 3. The van der Waals surface area contributed by atoms with E-state index in [2.05, 4.69) is 0 Å². The molecule has 22 heavy (non-hydrogen) atoms. The third kappa shape index (κ3) is 5.33. The van der Waals surface area contributed by atoms with Crippen LogP contribution in [0.4, 0.5) is 0 Å². The summed E-state index contributed by atoms with van der Waals surface area (Å²) < 4.78 is 5.23. The van der Waals surface area contributed by atoms with Crippen LogP contribution in [0.15, 0.2) is 42.0 Å². The number of likely N-dealkylation sites (N-methyl/N-ethyl adjacent to an activating group) is 1. The number of nitrogens with zero attached hydrogens (tertiary/aromatic N) is 1. The van der Waals surface area contributed by atoms with Crippen LogP contribution in [0.25, 0.3) is 0 Å². The van der Waals surface area contributed by atoms with E-state index in [1.54, 1.807) is 4.90 Å². The lowest BCUT2D eigenvalue weighted by Gasteiger charge is -2.25. The molecule has 5 heteroatoms. The van der Waals surface area contributed by atoms with Crippen molar-refractivity contribution in [2.45, 2.75) is 32.9 Å². The average molecular weight is 305 g/mol. The predicted octanol–water partition coefficient (Wildman–Crippen LogP) is 2.47. The number of methoxy groups -OCH3 is 1. The lowest BCUT2D eigenvalue weighted by Crippen LogP contribution is -2.39. The van der Waals surface area contributed by atoms with Crippen molar-refractivity contribution in [1.29, 1.82) is 0 Å². The fourth-order valence-corrected chi connectivity index (χ4v) is 2.02. The van der Waals surface area contributed by atoms with Gasteiger partial charge in [0.15, 0.2) is 0 Å². The highest BCUT2D eigenvalue weighted by molar-refractivity contribution is 5.86. The van der Waals surface area contributed by atoms with E-state index in [1.807, 2.05) is 37.3 Å². The zero-order valence-electron chi connectivity index (χ0n) is 13.3. The zero-order chi connectivity index (χ0) is 16.5. The van der Waals surface area contributed by atoms with Crippen molar-refractivity contribution in [3.05, 3.63) is 47.5 Å². The molecule has 5 nitrogen and oxygen atoms in total. The number of aliphatic carboxylic acids is 1. The fourth-order valence-electron chi connectivity index (χ4n) is 2.02. The molecule has 1 atom stereocenters. The predicted molar refractivity (Wildman–Crippen MR) is 84.3 cm³/mol. The van der Waals surface area contributed by atoms with Crippen LogP contribution in [0.2, 0.25) is 0 Å². The summed E-state index contributed by atoms with van der Waals surface area (Å²) in [5.41, 5.74) is 1.26. The van der Waals surface area contributed by atoms with Crippen molar-refractivity contribution in [2.75, 3.05) is 13.7 Å². The van der Waals surface area contributed by atoms with E-state index in [0.29, 0.717) is 13.1 Å². The van der Waals surface area contributed by atoms with Gasteiger partial charge in [0.2, 0.25) is 0 Å². The highest BCUT2D eigenvalue weighted by Crippen LogP contribution is 2.11. The van der Waals surface area contributed by atoms with Gasteiger partial charge in [-0.1, -0.05) is 36.4 Å². The number of carbonyl (C=O) groups is 2. The number of hydrogen-bond donors (Lipinski definition) is 1. The second-order valence-corrected chi connectivity index (χ2v) is 4.99. The molecule has 0 bridgehead atoms. The molecule has 1 rings (SSSR count). The summed E-state index contributed by atoms with van der Waals surface area (Å²) in [4.78, 5) is 25.0. The first kappa shape index (κ1) is 17.9. The van der Waals surface area contributed by atoms with E-state index in [1.165, 1.54) is 20.1 Å². The normalized spacial score (nSPS) is 12.8. The Morgan fingerprint density at radius 3 is 2.45 bits per heavy atom. The Morgan fingerprint density at radius 1 is 1.32 bits per heavy atom. The lowest BCUT2D eigenvalue weighted by molar-refractivity contribution is -0.142. The largest absolute Gasteiger partial charge is 0.478 e. The minimum absolute atomic E-state index is 0.136. The average Bonchev–Trinajstić information content (AvgIpc) is 2.53. The molecule has 1 N–H and O–H groups in total. The number of carboxylic acids is 1. The molecular formula is C17H23NO4. The Bertz CT molecular complexity index is 525. The zero-order valence-corrected chi connectivity index (χ0v) is 13.3. The van der Waals surface area contributed by atoms with E-state index < -0.39 is 12.1 Å². The monoisotopic (exact) mass is 305 g/mol. The van der Waals surface area contributed by atoms with E-state index >= 15 is 0 Å². The molecule has 0 fully saturated rings. The van der Waals surface area contributed by atoms with Crippen molar-refractivity contribution < 1.29 is 19.4 Å². The Labute approximate surface area is 131 Å². The molecule has 1 amide bonds. The van der Waals surface area contributed by atoms with Crippen LogP contribution in [0, 0.1) is 0 Å². The van der Waals surface area contributed by atoms with Crippen molar-refractivity contribution in [3.8, 4) is 0 Å². The third-order valence-electron chi connectivity index (χ3n) is 3.45. The summed E-state index contributed by atoms with van der Waals surface area (Å²) >= 11 is 0. The fraction of sp³-hybridized carbons (Fsp3) is 0.412. The minimum atomic E-state index is -0.987. The van der Waals surface area contributed by atoms with Crippen molar-refractivity contribution in [1.82, 2.24) is 4.90 Å². The number of ether oxygens (including phenoxy) is 1. The van der Waals surface area contributed by atoms with Gasteiger partial charge in [0.25, 0.3) is 5.91 Å². The number of carbonyl (C=O) groups excluding carboxylic acids is 1. The first-order valence-electron chi connectivity index (χ1n) is 7.25. The smallest absolute Gasteiger partial charge is 0.330 e. The molecule has 120 valence electrons. The Balaban J connectivity index is 2.75. The van der Waals surface area contributed by atoms with Gasteiger partial charge < -0.3 is 14.7 Å². The molecule has 0 aromatic heterocycles. The number of carboxylic acid groups (broad SMARTS) is 1. The van der Waals surface area contributed by atoms with Crippen LogP contribution < -0.4 is 0 Å². The van der Waals surface area contributed by atoms with Gasteiger partial charge in [-0.25, -0.2) is 4.79 Å². The Morgan fingerprint density at radius 2 is 1.95 bits per heavy atom. The number of rotatable bonds is 8.